The Balaban J connectivity index is 0.000000324. The second-order valence-electron chi connectivity index (χ2n) is 4.91. The Labute approximate surface area is 116 Å². The molecule has 2 rings (SSSR count). The van der Waals surface area contributed by atoms with Crippen LogP contribution in [0.2, 0.25) is 0 Å². The Hall–Kier alpha value is -1.59. The van der Waals surface area contributed by atoms with Crippen LogP contribution in [0.3, 0.4) is 0 Å². The summed E-state index contributed by atoms with van der Waals surface area (Å²) in [6.07, 6.45) is 1.88. The van der Waals surface area contributed by atoms with Crippen LogP contribution >= 0.6 is 0 Å². The third-order valence-electron chi connectivity index (χ3n) is 2.26. The quantitative estimate of drug-likeness (QED) is 0.826. The van der Waals surface area contributed by atoms with Crippen LogP contribution in [0.15, 0.2) is 9.98 Å². The average Bonchev–Trinajstić information content (AvgIpc) is 2.88. The molecule has 108 valence electrons. The summed E-state index contributed by atoms with van der Waals surface area (Å²) in [7, 11) is 0. The molecule has 0 bridgehead atoms. The molecule has 0 saturated carbocycles. The van der Waals surface area contributed by atoms with E-state index in [4.69, 9.17) is 0 Å². The predicted molar refractivity (Wildman–Crippen MR) is 79.9 cm³/mol. The van der Waals surface area contributed by atoms with E-state index in [1.165, 1.54) is 0 Å². The third kappa shape index (κ3) is 5.72. The number of hydrogen-bond donors (Lipinski definition) is 0. The van der Waals surface area contributed by atoms with Crippen molar-refractivity contribution in [2.75, 3.05) is 0 Å². The van der Waals surface area contributed by atoms with Gasteiger partial charge < -0.3 is 0 Å². The van der Waals surface area contributed by atoms with Crippen molar-refractivity contribution in [3.05, 3.63) is 5.82 Å². The lowest BCUT2D eigenvalue weighted by molar-refractivity contribution is 0.454. The largest absolute Gasteiger partial charge is 0.261 e. The molecule has 0 aromatic carbocycles. The van der Waals surface area contributed by atoms with Crippen molar-refractivity contribution < 1.29 is 0 Å². The average molecular weight is 266 g/mol. The number of aromatic nitrogens is 4. The Morgan fingerprint density at radius 1 is 1.21 bits per heavy atom. The fourth-order valence-corrected chi connectivity index (χ4v) is 1.28. The molecule has 6 heteroatoms. The number of nitrogens with zero attached hydrogens (tertiary/aromatic N) is 6. The van der Waals surface area contributed by atoms with Gasteiger partial charge in [-0.25, -0.2) is 4.99 Å². The molecule has 19 heavy (non-hydrogen) atoms. The van der Waals surface area contributed by atoms with Crippen molar-refractivity contribution in [3.63, 3.8) is 0 Å². The minimum atomic E-state index is 0. The van der Waals surface area contributed by atoms with E-state index in [2.05, 4.69) is 39.2 Å². The lowest BCUT2D eigenvalue weighted by Crippen LogP contribution is -2.04. The predicted octanol–water partition coefficient (Wildman–Crippen LogP) is 2.71. The molecule has 1 aromatic rings. The Kier molecular flexibility index (Phi) is 7.11. The molecule has 2 heterocycles. The van der Waals surface area contributed by atoms with Gasteiger partial charge in [-0.3, -0.25) is 4.99 Å². The first-order valence-electron chi connectivity index (χ1n) is 6.28. The van der Waals surface area contributed by atoms with Gasteiger partial charge in [0, 0.05) is 12.1 Å². The Morgan fingerprint density at radius 2 is 1.84 bits per heavy atom. The molecule has 0 fully saturated rings. The van der Waals surface area contributed by atoms with Crippen molar-refractivity contribution in [1.82, 2.24) is 20.2 Å². The van der Waals surface area contributed by atoms with Crippen molar-refractivity contribution in [2.24, 2.45) is 15.9 Å². The number of hydrogen-bond acceptors (Lipinski definition) is 5. The Bertz CT molecular complexity index is 430. The minimum absolute atomic E-state index is 0. The lowest BCUT2D eigenvalue weighted by Gasteiger charge is -1.98. The highest BCUT2D eigenvalue weighted by Gasteiger charge is 2.09. The first-order valence-corrected chi connectivity index (χ1v) is 6.28. The van der Waals surface area contributed by atoms with Crippen LogP contribution in [-0.4, -0.2) is 38.3 Å². The fourth-order valence-electron chi connectivity index (χ4n) is 1.28. The number of aryl methyl sites for hydroxylation is 1. The summed E-state index contributed by atoms with van der Waals surface area (Å²) in [5.74, 6) is 2.19. The highest BCUT2D eigenvalue weighted by Crippen LogP contribution is 2.05. The monoisotopic (exact) mass is 266 g/mol. The van der Waals surface area contributed by atoms with Gasteiger partial charge in [0.2, 0.25) is 0 Å². The van der Waals surface area contributed by atoms with Crippen molar-refractivity contribution in [2.45, 2.75) is 61.1 Å². The van der Waals surface area contributed by atoms with Crippen LogP contribution < -0.4 is 0 Å². The van der Waals surface area contributed by atoms with Gasteiger partial charge in [-0.15, -0.1) is 10.2 Å². The normalized spacial score (nSPS) is 17.1. The molecule has 1 atom stereocenters. The third-order valence-corrected chi connectivity index (χ3v) is 2.26. The first kappa shape index (κ1) is 17.4. The molecule has 0 N–H and O–H groups in total. The van der Waals surface area contributed by atoms with Gasteiger partial charge in [0.15, 0.2) is 5.82 Å². The van der Waals surface area contributed by atoms with Gasteiger partial charge in [-0.2, -0.15) is 4.80 Å². The molecular weight excluding hydrogens is 240 g/mol. The van der Waals surface area contributed by atoms with E-state index in [1.54, 1.807) is 4.80 Å². The summed E-state index contributed by atoms with van der Waals surface area (Å²) in [6.45, 7) is 12.1. The van der Waals surface area contributed by atoms with Crippen LogP contribution in [-0.2, 0) is 0 Å². The van der Waals surface area contributed by atoms with E-state index >= 15 is 0 Å². The Morgan fingerprint density at radius 3 is 2.05 bits per heavy atom. The maximum absolute atomic E-state index is 4.28. The van der Waals surface area contributed by atoms with Crippen LogP contribution in [0, 0.1) is 12.8 Å². The molecule has 1 aliphatic rings. The molecule has 1 aromatic heterocycles. The highest BCUT2D eigenvalue weighted by molar-refractivity contribution is 5.96. The second kappa shape index (κ2) is 7.76. The maximum Gasteiger partial charge on any atom is 0.171 e. The maximum atomic E-state index is 4.28. The summed E-state index contributed by atoms with van der Waals surface area (Å²) in [5, 5.41) is 11.5. The number of aliphatic imine (C=N–C) groups is 2. The van der Waals surface area contributed by atoms with E-state index in [1.807, 2.05) is 33.9 Å². The minimum Gasteiger partial charge on any atom is -0.261 e. The standard InChI is InChI=1S/C7H12N2.C5H10N4.CH4/c1-5(2)7-8-4-6(3)9-7;1-4(2)9-7-5(3)6-8-9;/h4-6H,1-3H3;4H,1-3H3;1H4. The summed E-state index contributed by atoms with van der Waals surface area (Å²) in [5.41, 5.74) is 0. The summed E-state index contributed by atoms with van der Waals surface area (Å²) < 4.78 is 0. The number of tetrazole rings is 1. The van der Waals surface area contributed by atoms with E-state index in [0.717, 1.165) is 11.7 Å². The van der Waals surface area contributed by atoms with Gasteiger partial charge in [0.25, 0.3) is 0 Å². The number of rotatable bonds is 2. The molecule has 0 spiro atoms. The van der Waals surface area contributed by atoms with Crippen molar-refractivity contribution in [1.29, 1.82) is 0 Å². The van der Waals surface area contributed by atoms with Crippen LogP contribution in [0.4, 0.5) is 0 Å². The summed E-state index contributed by atoms with van der Waals surface area (Å²) in [4.78, 5) is 10.0. The molecular formula is C13H26N6. The van der Waals surface area contributed by atoms with Gasteiger partial charge in [-0.05, 0) is 32.9 Å². The van der Waals surface area contributed by atoms with Crippen molar-refractivity contribution in [3.8, 4) is 0 Å². The number of amidine groups is 1. The van der Waals surface area contributed by atoms with Crippen LogP contribution in [0.5, 0.6) is 0 Å². The fraction of sp³-hybridized carbons (Fsp3) is 0.769. The molecule has 0 saturated heterocycles. The van der Waals surface area contributed by atoms with E-state index in [9.17, 15) is 0 Å². The summed E-state index contributed by atoms with van der Waals surface area (Å²) >= 11 is 0. The smallest absolute Gasteiger partial charge is 0.171 e. The zero-order valence-electron chi connectivity index (χ0n) is 12.0. The second-order valence-corrected chi connectivity index (χ2v) is 4.91. The van der Waals surface area contributed by atoms with Gasteiger partial charge in [0.1, 0.15) is 5.84 Å². The zero-order chi connectivity index (χ0) is 13.7. The van der Waals surface area contributed by atoms with Gasteiger partial charge in [0.05, 0.1) is 12.1 Å². The van der Waals surface area contributed by atoms with Gasteiger partial charge >= 0.3 is 0 Å². The first-order chi connectivity index (χ1) is 8.40. The van der Waals surface area contributed by atoms with Gasteiger partial charge in [-0.1, -0.05) is 21.3 Å². The van der Waals surface area contributed by atoms with Crippen molar-refractivity contribution >= 4 is 12.1 Å². The van der Waals surface area contributed by atoms with Crippen LogP contribution in [0.1, 0.15) is 53.9 Å². The molecule has 0 amide bonds. The molecule has 0 aliphatic carbocycles. The topological polar surface area (TPSA) is 68.3 Å². The van der Waals surface area contributed by atoms with Crippen LogP contribution in [0.25, 0.3) is 0 Å². The SMILES string of the molecule is C.CC1C=NC(C(C)C)=N1.Cc1nnn(C(C)C)n1. The summed E-state index contributed by atoms with van der Waals surface area (Å²) in [6, 6.07) is 0.619. The molecule has 1 aliphatic heterocycles. The van der Waals surface area contributed by atoms with E-state index in [0.29, 0.717) is 18.0 Å². The molecule has 6 nitrogen and oxygen atoms in total. The lowest BCUT2D eigenvalue weighted by atomic mass is 10.2. The zero-order valence-corrected chi connectivity index (χ0v) is 12.0. The highest BCUT2D eigenvalue weighted by atomic mass is 15.6. The van der Waals surface area contributed by atoms with E-state index in [-0.39, 0.29) is 7.43 Å². The van der Waals surface area contributed by atoms with E-state index < -0.39 is 0 Å². The molecule has 0 radical (unpaired) electrons. The molecule has 1 unspecified atom stereocenters.